The molecule has 2 unspecified atom stereocenters. The Morgan fingerprint density at radius 3 is 1.80 bits per heavy atom. The normalized spacial score (nSPS) is 11.9. The van der Waals surface area contributed by atoms with Gasteiger partial charge in [-0.2, -0.15) is 0 Å². The van der Waals surface area contributed by atoms with Gasteiger partial charge in [0.1, 0.15) is 5.78 Å². The molecule has 2 rings (SSSR count). The van der Waals surface area contributed by atoms with Crippen molar-refractivity contribution in [2.75, 3.05) is 7.05 Å². The maximum absolute atomic E-state index is 12.0. The quantitative estimate of drug-likeness (QED) is 0.123. The standard InChI is InChI=1S/C16H24O.C14H20.C13H20O.C2H6.CH5N/c1-4-6-7-8-15(16(17)5-2)14-11-9-13(3)10-12-14;1-6-11(2)12-7-9-13(10-8-12)14(3,4)5;1-6-7-8-11(4)9-12(5)13(14)10(2)3;2*1-2/h9-12,15H,4-8H2,1-3H3;7-10H,2,6H2,1,3-5H3;6-7,9,12H,2,8H2,1,3-5H3;1-2H3;2H2,1H3/b;;7-6-,11-9+;;. The number of unbranched alkanes of at least 4 members (excludes halogenated alkanes) is 2. The Kier molecular flexibility index (Phi) is 30.3. The molecule has 0 amide bonds. The third-order valence-electron chi connectivity index (χ3n) is 7.94. The van der Waals surface area contributed by atoms with Gasteiger partial charge in [-0.3, -0.25) is 9.59 Å². The summed E-state index contributed by atoms with van der Waals surface area (Å²) in [6.07, 6.45) is 13.3. The molecule has 0 aliphatic rings. The first-order valence-electron chi connectivity index (χ1n) is 18.6. The summed E-state index contributed by atoms with van der Waals surface area (Å²) in [4.78, 5) is 23.5. The number of aryl methyl sites for hydroxylation is 1. The minimum atomic E-state index is -0.0437. The summed E-state index contributed by atoms with van der Waals surface area (Å²) >= 11 is 0. The van der Waals surface area contributed by atoms with Crippen molar-refractivity contribution in [2.45, 2.75) is 146 Å². The molecule has 3 nitrogen and oxygen atoms in total. The first kappa shape index (κ1) is 50.1. The zero-order chi connectivity index (χ0) is 38.6. The first-order valence-corrected chi connectivity index (χ1v) is 18.6. The van der Waals surface area contributed by atoms with Crippen LogP contribution in [0.4, 0.5) is 0 Å². The molecule has 2 aromatic carbocycles. The van der Waals surface area contributed by atoms with Gasteiger partial charge in [0.15, 0.2) is 5.78 Å². The van der Waals surface area contributed by atoms with E-state index < -0.39 is 0 Å². The fourth-order valence-corrected chi connectivity index (χ4v) is 4.83. The number of hydrogen-bond donors (Lipinski definition) is 1. The van der Waals surface area contributed by atoms with Crippen molar-refractivity contribution in [1.29, 1.82) is 0 Å². The lowest BCUT2D eigenvalue weighted by Gasteiger charge is -2.19. The van der Waals surface area contributed by atoms with Crippen LogP contribution in [-0.4, -0.2) is 18.6 Å². The fourth-order valence-electron chi connectivity index (χ4n) is 4.83. The van der Waals surface area contributed by atoms with Crippen LogP contribution in [-0.2, 0) is 15.0 Å². The van der Waals surface area contributed by atoms with Gasteiger partial charge in [0.2, 0.25) is 0 Å². The van der Waals surface area contributed by atoms with Crippen LogP contribution in [0.2, 0.25) is 0 Å². The molecule has 0 aliphatic heterocycles. The Bertz CT molecular complexity index is 1240. The molecule has 0 aliphatic carbocycles. The average molecular weight is 674 g/mol. The number of hydrogen-bond acceptors (Lipinski definition) is 3. The Morgan fingerprint density at radius 1 is 0.857 bits per heavy atom. The van der Waals surface area contributed by atoms with E-state index in [9.17, 15) is 9.59 Å². The highest BCUT2D eigenvalue weighted by atomic mass is 16.1. The number of ketones is 2. The molecule has 2 aromatic rings. The average Bonchev–Trinajstić information content (AvgIpc) is 3.10. The monoisotopic (exact) mass is 674 g/mol. The lowest BCUT2D eigenvalue weighted by Crippen LogP contribution is -2.11. The molecular weight excluding hydrogens is 599 g/mol. The zero-order valence-corrected chi connectivity index (χ0v) is 34.3. The molecule has 2 N–H and O–H groups in total. The van der Waals surface area contributed by atoms with E-state index in [2.05, 4.69) is 115 Å². The molecule has 0 heterocycles. The summed E-state index contributed by atoms with van der Waals surface area (Å²) in [5.74, 6) is 0.583. The summed E-state index contributed by atoms with van der Waals surface area (Å²) in [6.45, 7) is 34.5. The van der Waals surface area contributed by atoms with E-state index in [4.69, 9.17) is 0 Å². The van der Waals surface area contributed by atoms with Crippen molar-refractivity contribution < 1.29 is 9.59 Å². The van der Waals surface area contributed by atoms with Gasteiger partial charge in [0, 0.05) is 18.3 Å². The topological polar surface area (TPSA) is 60.2 Å². The number of benzene rings is 2. The number of rotatable bonds is 14. The van der Waals surface area contributed by atoms with Crippen LogP contribution in [0.3, 0.4) is 0 Å². The Labute approximate surface area is 304 Å². The van der Waals surface area contributed by atoms with Gasteiger partial charge in [0.25, 0.3) is 0 Å². The van der Waals surface area contributed by atoms with Crippen molar-refractivity contribution in [2.24, 2.45) is 11.7 Å². The minimum Gasteiger partial charge on any atom is -0.333 e. The number of allylic oxidation sites excluding steroid dienone is 6. The number of carbonyl (C=O) groups is 2. The smallest absolute Gasteiger partial charge is 0.164 e. The van der Waals surface area contributed by atoms with E-state index in [0.717, 1.165) is 25.7 Å². The maximum Gasteiger partial charge on any atom is 0.164 e. The van der Waals surface area contributed by atoms with Crippen molar-refractivity contribution >= 4 is 17.1 Å². The molecule has 0 bridgehead atoms. The summed E-state index contributed by atoms with van der Waals surface area (Å²) in [5, 5.41) is 0. The zero-order valence-electron chi connectivity index (χ0n) is 34.3. The van der Waals surface area contributed by atoms with Crippen LogP contribution < -0.4 is 5.73 Å². The molecule has 2 atom stereocenters. The predicted octanol–water partition coefficient (Wildman–Crippen LogP) is 13.3. The molecule has 276 valence electrons. The van der Waals surface area contributed by atoms with Crippen LogP contribution in [0.15, 0.2) is 91.1 Å². The number of nitrogens with two attached hydrogens (primary N) is 1. The van der Waals surface area contributed by atoms with Crippen LogP contribution >= 0.6 is 0 Å². The predicted molar refractivity (Wildman–Crippen MR) is 221 cm³/mol. The third-order valence-corrected chi connectivity index (χ3v) is 7.94. The lowest BCUT2D eigenvalue weighted by molar-refractivity contribution is -0.120. The molecule has 0 saturated carbocycles. The Morgan fingerprint density at radius 2 is 1.39 bits per heavy atom. The van der Waals surface area contributed by atoms with E-state index >= 15 is 0 Å². The van der Waals surface area contributed by atoms with Crippen molar-refractivity contribution in [3.63, 3.8) is 0 Å². The molecular formula is C46H75NO2. The van der Waals surface area contributed by atoms with Crippen molar-refractivity contribution in [3.05, 3.63) is 113 Å². The first-order chi connectivity index (χ1) is 23.1. The van der Waals surface area contributed by atoms with Crippen LogP contribution in [0.25, 0.3) is 5.57 Å². The molecule has 0 aromatic heterocycles. The highest BCUT2D eigenvalue weighted by Crippen LogP contribution is 2.26. The van der Waals surface area contributed by atoms with E-state index in [1.165, 1.54) is 53.3 Å². The van der Waals surface area contributed by atoms with Crippen molar-refractivity contribution in [3.8, 4) is 0 Å². The van der Waals surface area contributed by atoms with E-state index in [-0.39, 0.29) is 23.0 Å². The second-order valence-corrected chi connectivity index (χ2v) is 13.3. The van der Waals surface area contributed by atoms with E-state index in [0.29, 0.717) is 17.8 Å². The van der Waals surface area contributed by atoms with Crippen molar-refractivity contribution in [1.82, 2.24) is 0 Å². The SMILES string of the molecule is C=C(C)C(=O)C(C)/C=C(\C)C/C=C\C.C=C(CC)c1ccc(C(C)(C)C)cc1.CC.CCCCCC(C(=O)CC)c1ccc(C)cc1.CN. The van der Waals surface area contributed by atoms with Gasteiger partial charge < -0.3 is 5.73 Å². The second kappa shape index (κ2) is 29.6. The summed E-state index contributed by atoms with van der Waals surface area (Å²) in [7, 11) is 1.50. The van der Waals surface area contributed by atoms with Crippen LogP contribution in [0.1, 0.15) is 156 Å². The van der Waals surface area contributed by atoms with E-state index in [1.807, 2.05) is 53.7 Å². The maximum atomic E-state index is 12.0. The largest absolute Gasteiger partial charge is 0.333 e. The third kappa shape index (κ3) is 22.9. The Hall–Kier alpha value is -3.30. The van der Waals surface area contributed by atoms with Crippen LogP contribution in [0, 0.1) is 12.8 Å². The number of Topliss-reactive ketones (excluding diaryl/α,β-unsaturated/α-hetero) is 2. The highest BCUT2D eigenvalue weighted by molar-refractivity contribution is 5.96. The summed E-state index contributed by atoms with van der Waals surface area (Å²) in [5.41, 5.74) is 12.9. The molecule has 0 spiro atoms. The van der Waals surface area contributed by atoms with Gasteiger partial charge in [-0.05, 0) is 87.3 Å². The summed E-state index contributed by atoms with van der Waals surface area (Å²) in [6, 6.07) is 17.2. The van der Waals surface area contributed by atoms with Gasteiger partial charge in [-0.1, -0.05) is 173 Å². The van der Waals surface area contributed by atoms with Gasteiger partial charge in [-0.15, -0.1) is 0 Å². The molecule has 3 heteroatoms. The highest BCUT2D eigenvalue weighted by Gasteiger charge is 2.18. The molecule has 49 heavy (non-hydrogen) atoms. The molecule has 0 saturated heterocycles. The fraction of sp³-hybridized carbons (Fsp3) is 0.522. The van der Waals surface area contributed by atoms with Gasteiger partial charge in [0.05, 0.1) is 0 Å². The second-order valence-electron chi connectivity index (χ2n) is 13.3. The van der Waals surface area contributed by atoms with Gasteiger partial charge in [-0.25, -0.2) is 0 Å². The lowest BCUT2D eigenvalue weighted by atomic mass is 9.86. The summed E-state index contributed by atoms with van der Waals surface area (Å²) < 4.78 is 0. The van der Waals surface area contributed by atoms with E-state index in [1.54, 1.807) is 6.92 Å². The molecule has 0 fully saturated rings. The van der Waals surface area contributed by atoms with Crippen LogP contribution in [0.5, 0.6) is 0 Å². The van der Waals surface area contributed by atoms with Gasteiger partial charge >= 0.3 is 0 Å². The molecule has 0 radical (unpaired) electrons. The minimum absolute atomic E-state index is 0.0437. The Balaban J connectivity index is -0.000000619. The number of carbonyl (C=O) groups excluding carboxylic acids is 2.